The number of hydrogen-bond acceptors (Lipinski definition) is 6. The van der Waals surface area contributed by atoms with Crippen LogP contribution < -0.4 is 0 Å². The third-order valence-electron chi connectivity index (χ3n) is 5.26. The normalized spacial score (nSPS) is 35.8. The maximum absolute atomic E-state index is 12.3. The lowest BCUT2D eigenvalue weighted by Gasteiger charge is -2.35. The summed E-state index contributed by atoms with van der Waals surface area (Å²) in [6.07, 6.45) is 5.28. The van der Waals surface area contributed by atoms with Crippen LogP contribution in [0.15, 0.2) is 17.3 Å². The van der Waals surface area contributed by atoms with Gasteiger partial charge in [-0.15, -0.1) is 0 Å². The van der Waals surface area contributed by atoms with Crippen LogP contribution in [0.1, 0.15) is 33.1 Å². The summed E-state index contributed by atoms with van der Waals surface area (Å²) < 4.78 is 29.2. The molecule has 2 atom stereocenters. The maximum atomic E-state index is 12.3. The molecular weight excluding hydrogens is 310 g/mol. The lowest BCUT2D eigenvalue weighted by molar-refractivity contribution is -0.128. The van der Waals surface area contributed by atoms with Gasteiger partial charge in [0, 0.05) is 6.42 Å². The summed E-state index contributed by atoms with van der Waals surface area (Å²) in [5.41, 5.74) is -1.11. The van der Waals surface area contributed by atoms with Gasteiger partial charge in [0.2, 0.25) is 0 Å². The second-order valence-corrected chi connectivity index (χ2v) is 8.84. The second kappa shape index (κ2) is 4.84. The molecule has 2 fully saturated rings. The molecule has 2 bridgehead atoms. The molecule has 0 aromatic carbocycles. The van der Waals surface area contributed by atoms with Crippen LogP contribution in [0, 0.1) is 22.5 Å². The molecule has 0 amide bonds. The van der Waals surface area contributed by atoms with Gasteiger partial charge >= 0.3 is 10.1 Å². The molecule has 21 heavy (non-hydrogen) atoms. The molecule has 0 spiro atoms. The Morgan fingerprint density at radius 2 is 2.29 bits per heavy atom. The van der Waals surface area contributed by atoms with Gasteiger partial charge in [-0.1, -0.05) is 36.8 Å². The topological polar surface area (TPSA) is 72.8 Å². The number of fused-ring (bicyclic) bond motifs is 2. The SMILES string of the molecule is CC1(C)C2CCC1(CS(=O)(=O)O/N=C1/C=C[C]S1)C(=O)C2. The van der Waals surface area contributed by atoms with E-state index in [9.17, 15) is 13.2 Å². The molecule has 1 aliphatic heterocycles. The van der Waals surface area contributed by atoms with Crippen molar-refractivity contribution in [3.8, 4) is 0 Å². The smallest absolute Gasteiger partial charge is 0.299 e. The first-order valence-electron chi connectivity index (χ1n) is 6.88. The van der Waals surface area contributed by atoms with Crippen LogP contribution in [0.3, 0.4) is 0 Å². The Morgan fingerprint density at radius 3 is 2.81 bits per heavy atom. The minimum absolute atomic E-state index is 0.0559. The van der Waals surface area contributed by atoms with Crippen molar-refractivity contribution in [2.75, 3.05) is 5.75 Å². The predicted octanol–water partition coefficient (Wildman–Crippen LogP) is 2.38. The van der Waals surface area contributed by atoms with E-state index in [1.165, 1.54) is 11.8 Å². The van der Waals surface area contributed by atoms with Crippen LogP contribution in [0.4, 0.5) is 0 Å². The van der Waals surface area contributed by atoms with Crippen molar-refractivity contribution in [2.24, 2.45) is 21.9 Å². The average Bonchev–Trinajstić information content (AvgIpc) is 3.02. The summed E-state index contributed by atoms with van der Waals surface area (Å²) in [4.78, 5) is 12.3. The van der Waals surface area contributed by atoms with E-state index in [0.717, 1.165) is 6.42 Å². The first kappa shape index (κ1) is 15.1. The monoisotopic (exact) mass is 327 g/mol. The van der Waals surface area contributed by atoms with Gasteiger partial charge in [0.1, 0.15) is 16.6 Å². The van der Waals surface area contributed by atoms with E-state index in [4.69, 9.17) is 4.28 Å². The molecule has 2 aliphatic carbocycles. The van der Waals surface area contributed by atoms with Gasteiger partial charge in [0.15, 0.2) is 0 Å². The summed E-state index contributed by atoms with van der Waals surface area (Å²) in [6, 6.07) is 0. The van der Waals surface area contributed by atoms with E-state index < -0.39 is 15.5 Å². The number of ketones is 1. The molecule has 7 heteroatoms. The van der Waals surface area contributed by atoms with Crippen molar-refractivity contribution < 1.29 is 17.5 Å². The highest BCUT2D eigenvalue weighted by atomic mass is 32.2. The Labute approximate surface area is 129 Å². The number of carbonyl (C=O) groups excluding carboxylic acids is 1. The molecule has 2 unspecified atom stereocenters. The third kappa shape index (κ3) is 2.34. The van der Waals surface area contributed by atoms with Crippen molar-refractivity contribution in [1.82, 2.24) is 0 Å². The quantitative estimate of drug-likeness (QED) is 0.741. The lowest BCUT2D eigenvalue weighted by Crippen LogP contribution is -2.42. The molecule has 2 radical (unpaired) electrons. The van der Waals surface area contributed by atoms with Gasteiger partial charge in [-0.3, -0.25) is 9.08 Å². The second-order valence-electron chi connectivity index (χ2n) is 6.43. The number of rotatable bonds is 4. The molecule has 114 valence electrons. The van der Waals surface area contributed by atoms with Crippen molar-refractivity contribution in [1.29, 1.82) is 0 Å². The van der Waals surface area contributed by atoms with Gasteiger partial charge in [-0.2, -0.15) is 8.42 Å². The third-order valence-corrected chi connectivity index (χ3v) is 7.08. The average molecular weight is 327 g/mol. The Morgan fingerprint density at radius 1 is 1.52 bits per heavy atom. The van der Waals surface area contributed by atoms with E-state index >= 15 is 0 Å². The molecule has 3 rings (SSSR count). The highest BCUT2D eigenvalue weighted by Gasteiger charge is 2.65. The van der Waals surface area contributed by atoms with Crippen LogP contribution in [0.2, 0.25) is 0 Å². The molecule has 0 saturated heterocycles. The van der Waals surface area contributed by atoms with Crippen LogP contribution in [0.25, 0.3) is 0 Å². The predicted molar refractivity (Wildman–Crippen MR) is 80.8 cm³/mol. The molecule has 0 N–H and O–H groups in total. The number of Topliss-reactive ketones (excluding diaryl/α,β-unsaturated/α-hetero) is 1. The van der Waals surface area contributed by atoms with E-state index in [0.29, 0.717) is 17.9 Å². The fraction of sp³-hybridized carbons (Fsp3) is 0.643. The molecular formula is C14H17NO4S2. The Balaban J connectivity index is 1.80. The lowest BCUT2D eigenvalue weighted by atomic mass is 9.70. The number of nitrogens with zero attached hydrogens (tertiary/aromatic N) is 1. The van der Waals surface area contributed by atoms with E-state index in [1.54, 1.807) is 12.2 Å². The van der Waals surface area contributed by atoms with Gasteiger partial charge in [-0.05, 0) is 30.3 Å². The molecule has 0 aromatic heterocycles. The molecule has 1 heterocycles. The van der Waals surface area contributed by atoms with Crippen LogP contribution >= 0.6 is 11.8 Å². The van der Waals surface area contributed by atoms with E-state index in [-0.39, 0.29) is 22.9 Å². The van der Waals surface area contributed by atoms with Crippen LogP contribution in [-0.4, -0.2) is 25.0 Å². The summed E-state index contributed by atoms with van der Waals surface area (Å²) in [6.45, 7) is 3.99. The van der Waals surface area contributed by atoms with Crippen molar-refractivity contribution in [3.05, 3.63) is 17.9 Å². The summed E-state index contributed by atoms with van der Waals surface area (Å²) in [7, 11) is -3.88. The highest BCUT2D eigenvalue weighted by Crippen LogP contribution is 2.64. The molecule has 2 saturated carbocycles. The Kier molecular flexibility index (Phi) is 3.48. The fourth-order valence-corrected chi connectivity index (χ4v) is 5.85. The standard InChI is InChI=1S/C14H17NO4S2/c1-13(2)10-5-6-14(13,11(16)8-10)9-21(17,18)19-15-12-4-3-7-20-12/h3-4,10H,5-6,8-9H2,1-2H3/b15-12-. The zero-order valence-electron chi connectivity index (χ0n) is 12.0. The van der Waals surface area contributed by atoms with Crippen molar-refractivity contribution >= 4 is 32.7 Å². The van der Waals surface area contributed by atoms with Gasteiger partial charge in [0.05, 0.1) is 11.2 Å². The zero-order chi connectivity index (χ0) is 15.3. The number of oxime groups is 1. The number of carbonyl (C=O) groups is 1. The number of thioether (sulfide) groups is 1. The van der Waals surface area contributed by atoms with E-state index in [2.05, 4.69) is 10.9 Å². The van der Waals surface area contributed by atoms with Gasteiger partial charge < -0.3 is 0 Å². The minimum Gasteiger partial charge on any atom is -0.299 e. The van der Waals surface area contributed by atoms with Gasteiger partial charge in [0.25, 0.3) is 0 Å². The minimum atomic E-state index is -3.88. The summed E-state index contributed by atoms with van der Waals surface area (Å²) in [5, 5.41) is 4.06. The first-order chi connectivity index (χ1) is 9.77. The number of hydrogen-bond donors (Lipinski definition) is 0. The molecule has 5 nitrogen and oxygen atoms in total. The molecule has 0 aromatic rings. The largest absolute Gasteiger partial charge is 0.329 e. The Bertz CT molecular complexity index is 635. The van der Waals surface area contributed by atoms with Gasteiger partial charge in [-0.25, -0.2) is 0 Å². The summed E-state index contributed by atoms with van der Waals surface area (Å²) in [5.74, 6) is 2.86. The van der Waals surface area contributed by atoms with Crippen molar-refractivity contribution in [2.45, 2.75) is 33.1 Å². The Hall–Kier alpha value is -0.820. The highest BCUT2D eigenvalue weighted by molar-refractivity contribution is 8.16. The van der Waals surface area contributed by atoms with Crippen LogP contribution in [-0.2, 0) is 19.2 Å². The fourth-order valence-electron chi connectivity index (χ4n) is 3.81. The van der Waals surface area contributed by atoms with E-state index in [1.807, 2.05) is 13.8 Å². The summed E-state index contributed by atoms with van der Waals surface area (Å²) >= 11 is 1.17. The van der Waals surface area contributed by atoms with Crippen molar-refractivity contribution in [3.63, 3.8) is 0 Å². The molecule has 3 aliphatic rings. The van der Waals surface area contributed by atoms with Crippen LogP contribution in [0.5, 0.6) is 0 Å². The first-order valence-corrected chi connectivity index (χ1v) is 9.28. The zero-order valence-corrected chi connectivity index (χ0v) is 13.6. The maximum Gasteiger partial charge on any atom is 0.329 e.